The van der Waals surface area contributed by atoms with Gasteiger partial charge in [-0.1, -0.05) is 0 Å². The number of fused-ring (bicyclic) bond motifs is 1. The fraction of sp³-hybridized carbons (Fsp3) is 0.417. The smallest absolute Gasteiger partial charge is 0.239 e. The quantitative estimate of drug-likeness (QED) is 0.809. The van der Waals surface area contributed by atoms with E-state index < -0.39 is 0 Å². The van der Waals surface area contributed by atoms with E-state index in [1.165, 1.54) is 0 Å². The number of aromatic nitrogens is 2. The van der Waals surface area contributed by atoms with Crippen molar-refractivity contribution >= 4 is 39.2 Å². The van der Waals surface area contributed by atoms with Crippen LogP contribution >= 0.6 is 11.3 Å². The predicted molar refractivity (Wildman–Crippen MR) is 76.4 cm³/mol. The molecule has 0 spiro atoms. The Morgan fingerprint density at radius 1 is 1.47 bits per heavy atom. The lowest BCUT2D eigenvalue weighted by Crippen LogP contribution is -2.33. The number of aryl methyl sites for hydroxylation is 1. The molecule has 0 bridgehead atoms. The van der Waals surface area contributed by atoms with E-state index in [-0.39, 0.29) is 11.9 Å². The first kappa shape index (κ1) is 12.2. The van der Waals surface area contributed by atoms with Crippen LogP contribution in [0.1, 0.15) is 11.3 Å². The Morgan fingerprint density at radius 3 is 3.16 bits per heavy atom. The molecule has 0 radical (unpaired) electrons. The van der Waals surface area contributed by atoms with Crippen LogP contribution in [0.3, 0.4) is 0 Å². The number of amides is 1. The minimum atomic E-state index is 0.0229. The van der Waals surface area contributed by atoms with Gasteiger partial charge >= 0.3 is 0 Å². The third-order valence-electron chi connectivity index (χ3n) is 3.07. The van der Waals surface area contributed by atoms with Crippen molar-refractivity contribution in [1.29, 1.82) is 0 Å². The lowest BCUT2D eigenvalue weighted by atomic mass is 10.3. The molecule has 6 nitrogen and oxygen atoms in total. The van der Waals surface area contributed by atoms with Crippen LogP contribution in [0.25, 0.3) is 10.2 Å². The van der Waals surface area contributed by atoms with Gasteiger partial charge in [0.25, 0.3) is 0 Å². The molecule has 2 aromatic heterocycles. The number of thiophene rings is 1. The van der Waals surface area contributed by atoms with Crippen molar-refractivity contribution in [1.82, 2.24) is 15.3 Å². The van der Waals surface area contributed by atoms with Gasteiger partial charge in [-0.2, -0.15) is 4.98 Å². The number of hydrogen-bond acceptors (Lipinski definition) is 6. The second kappa shape index (κ2) is 4.65. The molecule has 1 aliphatic rings. The summed E-state index contributed by atoms with van der Waals surface area (Å²) in [6, 6.07) is 2.05. The Kier molecular flexibility index (Phi) is 2.98. The number of nitrogens with one attached hydrogen (secondary N) is 1. The van der Waals surface area contributed by atoms with Crippen LogP contribution < -0.4 is 16.0 Å². The molecule has 0 unspecified atom stereocenters. The van der Waals surface area contributed by atoms with E-state index in [4.69, 9.17) is 5.73 Å². The fourth-order valence-electron chi connectivity index (χ4n) is 2.27. The number of nitrogens with two attached hydrogens (primary N) is 1. The summed E-state index contributed by atoms with van der Waals surface area (Å²) in [6.07, 6.45) is 0.903. The number of carbonyl (C=O) groups excluding carboxylic acids is 1. The van der Waals surface area contributed by atoms with Crippen LogP contribution in [0.5, 0.6) is 0 Å². The molecule has 7 heteroatoms. The number of nitrogens with zero attached hydrogens (tertiary/aromatic N) is 3. The van der Waals surface area contributed by atoms with Gasteiger partial charge in [-0.25, -0.2) is 4.98 Å². The van der Waals surface area contributed by atoms with E-state index in [0.717, 1.165) is 33.9 Å². The molecule has 1 aliphatic heterocycles. The highest BCUT2D eigenvalue weighted by atomic mass is 32.1. The third-order valence-corrected chi connectivity index (χ3v) is 4.02. The molecule has 0 aliphatic carbocycles. The zero-order chi connectivity index (χ0) is 13.4. The van der Waals surface area contributed by atoms with Gasteiger partial charge in [0.2, 0.25) is 11.9 Å². The van der Waals surface area contributed by atoms with Gasteiger partial charge in [0, 0.05) is 18.0 Å². The lowest BCUT2D eigenvalue weighted by molar-refractivity contribution is -0.119. The Balaban J connectivity index is 2.09. The molecule has 0 atom stereocenters. The summed E-state index contributed by atoms with van der Waals surface area (Å²) < 4.78 is 0. The van der Waals surface area contributed by atoms with E-state index in [1.807, 2.05) is 11.8 Å². The molecule has 1 fully saturated rings. The van der Waals surface area contributed by atoms with Gasteiger partial charge in [0.05, 0.1) is 11.9 Å². The predicted octanol–water partition coefficient (Wildman–Crippen LogP) is 0.908. The summed E-state index contributed by atoms with van der Waals surface area (Å²) in [6.45, 7) is 3.85. The Morgan fingerprint density at radius 2 is 2.32 bits per heavy atom. The SMILES string of the molecule is Cc1cc2c(N3CCCNC(=O)C3)nc(N)nc2s1. The monoisotopic (exact) mass is 277 g/mol. The van der Waals surface area contributed by atoms with Crippen LogP contribution in [0.2, 0.25) is 0 Å². The van der Waals surface area contributed by atoms with Crippen LogP contribution in [0.4, 0.5) is 11.8 Å². The van der Waals surface area contributed by atoms with Crippen LogP contribution in [-0.4, -0.2) is 35.5 Å². The Labute approximate surface area is 114 Å². The van der Waals surface area contributed by atoms with Crippen molar-refractivity contribution in [2.45, 2.75) is 13.3 Å². The van der Waals surface area contributed by atoms with Crippen molar-refractivity contribution in [3.05, 3.63) is 10.9 Å². The largest absolute Gasteiger partial charge is 0.368 e. The van der Waals surface area contributed by atoms with Crippen molar-refractivity contribution in [3.63, 3.8) is 0 Å². The second-order valence-corrected chi connectivity index (χ2v) is 5.84. The number of anilines is 2. The van der Waals surface area contributed by atoms with E-state index >= 15 is 0 Å². The minimum Gasteiger partial charge on any atom is -0.368 e. The first-order valence-electron chi connectivity index (χ1n) is 6.19. The van der Waals surface area contributed by atoms with E-state index in [0.29, 0.717) is 13.1 Å². The molecule has 3 heterocycles. The van der Waals surface area contributed by atoms with Crippen LogP contribution in [0, 0.1) is 6.92 Å². The molecule has 2 aromatic rings. The van der Waals surface area contributed by atoms with Gasteiger partial charge in [-0.15, -0.1) is 11.3 Å². The first-order chi connectivity index (χ1) is 9.13. The van der Waals surface area contributed by atoms with Crippen molar-refractivity contribution < 1.29 is 4.79 Å². The van der Waals surface area contributed by atoms with Gasteiger partial charge in [-0.05, 0) is 19.4 Å². The molecule has 1 saturated heterocycles. The molecule has 100 valence electrons. The first-order valence-corrected chi connectivity index (χ1v) is 7.00. The highest BCUT2D eigenvalue weighted by molar-refractivity contribution is 7.18. The summed E-state index contributed by atoms with van der Waals surface area (Å²) in [4.78, 5) is 24.3. The van der Waals surface area contributed by atoms with Crippen molar-refractivity contribution in [3.8, 4) is 0 Å². The van der Waals surface area contributed by atoms with E-state index in [9.17, 15) is 4.79 Å². The number of nitrogen functional groups attached to an aromatic ring is 1. The maximum absolute atomic E-state index is 11.7. The summed E-state index contributed by atoms with van der Waals surface area (Å²) >= 11 is 1.59. The average Bonchev–Trinajstić information content (AvgIpc) is 2.57. The van der Waals surface area contributed by atoms with Crippen LogP contribution in [0.15, 0.2) is 6.07 Å². The summed E-state index contributed by atoms with van der Waals surface area (Å²) in [5.74, 6) is 1.05. The maximum Gasteiger partial charge on any atom is 0.239 e. The van der Waals surface area contributed by atoms with Gasteiger partial charge < -0.3 is 16.0 Å². The summed E-state index contributed by atoms with van der Waals surface area (Å²) in [5.41, 5.74) is 5.77. The maximum atomic E-state index is 11.7. The minimum absolute atomic E-state index is 0.0229. The van der Waals surface area contributed by atoms with Gasteiger partial charge in [-0.3, -0.25) is 4.79 Å². The third kappa shape index (κ3) is 2.33. The Bertz CT molecular complexity index is 638. The Hall–Kier alpha value is -1.89. The average molecular weight is 277 g/mol. The normalized spacial score (nSPS) is 16.5. The summed E-state index contributed by atoms with van der Waals surface area (Å²) in [7, 11) is 0. The molecular formula is C12H15N5OS. The summed E-state index contributed by atoms with van der Waals surface area (Å²) in [5, 5.41) is 3.84. The number of hydrogen-bond donors (Lipinski definition) is 2. The fourth-order valence-corrected chi connectivity index (χ4v) is 3.15. The van der Waals surface area contributed by atoms with E-state index in [2.05, 4.69) is 21.4 Å². The highest BCUT2D eigenvalue weighted by Crippen LogP contribution is 2.31. The highest BCUT2D eigenvalue weighted by Gasteiger charge is 2.20. The van der Waals surface area contributed by atoms with Gasteiger partial charge in [0.1, 0.15) is 10.6 Å². The van der Waals surface area contributed by atoms with E-state index in [1.54, 1.807) is 11.3 Å². The number of rotatable bonds is 1. The standard InChI is InChI=1S/C12H15N5OS/c1-7-5-8-10(15-12(13)16-11(8)19-7)17-4-2-3-14-9(18)6-17/h5H,2-4,6H2,1H3,(H,14,18)(H2,13,15,16). The van der Waals surface area contributed by atoms with Crippen molar-refractivity contribution in [2.24, 2.45) is 0 Å². The molecule has 0 saturated carbocycles. The zero-order valence-electron chi connectivity index (χ0n) is 10.6. The van der Waals surface area contributed by atoms with Gasteiger partial charge in [0.15, 0.2) is 0 Å². The number of carbonyl (C=O) groups is 1. The molecule has 3 N–H and O–H groups in total. The lowest BCUT2D eigenvalue weighted by Gasteiger charge is -2.20. The van der Waals surface area contributed by atoms with Crippen LogP contribution in [-0.2, 0) is 4.79 Å². The molecule has 1 amide bonds. The molecule has 3 rings (SSSR count). The van der Waals surface area contributed by atoms with Crippen molar-refractivity contribution in [2.75, 3.05) is 30.3 Å². The molecular weight excluding hydrogens is 262 g/mol. The second-order valence-electron chi connectivity index (χ2n) is 4.61. The topological polar surface area (TPSA) is 84.1 Å². The molecule has 0 aromatic carbocycles. The zero-order valence-corrected chi connectivity index (χ0v) is 11.5. The molecule has 19 heavy (non-hydrogen) atoms.